The molecule has 0 saturated carbocycles. The maximum atomic E-state index is 12.2. The van der Waals surface area contributed by atoms with Crippen molar-refractivity contribution in [1.29, 1.82) is 0 Å². The van der Waals surface area contributed by atoms with Crippen molar-refractivity contribution in [2.24, 2.45) is 0 Å². The molecule has 1 heterocycles. The van der Waals surface area contributed by atoms with E-state index in [-0.39, 0.29) is 22.9 Å². The van der Waals surface area contributed by atoms with E-state index in [1.54, 1.807) is 0 Å². The average Bonchev–Trinajstić information content (AvgIpc) is 2.34. The Hall–Kier alpha value is -1.95. The van der Waals surface area contributed by atoms with Crippen molar-refractivity contribution in [2.45, 2.75) is 57.7 Å². The lowest BCUT2D eigenvalue weighted by Gasteiger charge is -2.45. The lowest BCUT2D eigenvalue weighted by Crippen LogP contribution is -2.59. The number of nitrogens with zero attached hydrogens (tertiary/aromatic N) is 1. The topological polar surface area (TPSA) is 81.5 Å². The maximum absolute atomic E-state index is 12.2. The fourth-order valence-electron chi connectivity index (χ4n) is 3.25. The molecule has 1 saturated heterocycles. The molecule has 0 amide bonds. The monoisotopic (exact) mass is 306 g/mol. The molecular formula is C16H22N2O4. The lowest BCUT2D eigenvalue weighted by molar-refractivity contribution is -0.384. The Kier molecular flexibility index (Phi) is 4.24. The zero-order valence-corrected chi connectivity index (χ0v) is 13.4. The third kappa shape index (κ3) is 4.04. The highest BCUT2D eigenvalue weighted by atomic mass is 16.6. The molecule has 0 unspecified atom stereocenters. The van der Waals surface area contributed by atoms with Crippen molar-refractivity contribution in [2.75, 3.05) is 0 Å². The summed E-state index contributed by atoms with van der Waals surface area (Å²) in [5.41, 5.74) is 0.0741. The number of benzene rings is 1. The van der Waals surface area contributed by atoms with E-state index in [0.717, 1.165) is 12.8 Å². The van der Waals surface area contributed by atoms with Gasteiger partial charge in [0, 0.05) is 36.1 Å². The fourth-order valence-corrected chi connectivity index (χ4v) is 3.25. The van der Waals surface area contributed by atoms with Crippen molar-refractivity contribution >= 4 is 11.7 Å². The van der Waals surface area contributed by atoms with Gasteiger partial charge >= 0.3 is 5.97 Å². The van der Waals surface area contributed by atoms with E-state index in [0.29, 0.717) is 5.56 Å². The second kappa shape index (κ2) is 5.68. The minimum atomic E-state index is -0.493. The van der Waals surface area contributed by atoms with E-state index in [1.165, 1.54) is 24.3 Å². The first-order valence-electron chi connectivity index (χ1n) is 7.33. The lowest BCUT2D eigenvalue weighted by atomic mass is 9.81. The molecule has 1 N–H and O–H groups in total. The van der Waals surface area contributed by atoms with Gasteiger partial charge in [-0.25, -0.2) is 4.79 Å². The number of carbonyl (C=O) groups excluding carboxylic acids is 1. The van der Waals surface area contributed by atoms with Crippen LogP contribution >= 0.6 is 0 Å². The number of carbonyl (C=O) groups is 1. The number of rotatable bonds is 3. The van der Waals surface area contributed by atoms with Crippen LogP contribution in [0.3, 0.4) is 0 Å². The zero-order chi connectivity index (χ0) is 16.5. The third-order valence-electron chi connectivity index (χ3n) is 3.74. The maximum Gasteiger partial charge on any atom is 0.338 e. The van der Waals surface area contributed by atoms with Gasteiger partial charge in [-0.3, -0.25) is 10.1 Å². The first-order valence-corrected chi connectivity index (χ1v) is 7.33. The number of non-ortho nitro benzene ring substituents is 1. The molecule has 1 aliphatic rings. The van der Waals surface area contributed by atoms with E-state index >= 15 is 0 Å². The van der Waals surface area contributed by atoms with Crippen molar-refractivity contribution in [1.82, 2.24) is 5.32 Å². The molecule has 1 fully saturated rings. The summed E-state index contributed by atoms with van der Waals surface area (Å²) in [6.07, 6.45) is 1.29. The second-order valence-corrected chi connectivity index (χ2v) is 7.13. The largest absolute Gasteiger partial charge is 0.459 e. The molecule has 1 aromatic carbocycles. The SMILES string of the molecule is CC1(C)CC(OC(=O)c2ccc([N+](=O)[O-])cc2)CC(C)(C)N1. The summed E-state index contributed by atoms with van der Waals surface area (Å²) >= 11 is 0. The normalized spacial score (nSPS) is 20.4. The highest BCUT2D eigenvalue weighted by Crippen LogP contribution is 2.30. The third-order valence-corrected chi connectivity index (χ3v) is 3.74. The molecule has 1 aliphatic heterocycles. The predicted octanol–water partition coefficient (Wildman–Crippen LogP) is 3.06. The molecule has 0 aromatic heterocycles. The number of piperidine rings is 1. The van der Waals surface area contributed by atoms with E-state index < -0.39 is 10.9 Å². The van der Waals surface area contributed by atoms with Crippen LogP contribution in [0.25, 0.3) is 0 Å². The number of ether oxygens (including phenoxy) is 1. The van der Waals surface area contributed by atoms with Crippen molar-refractivity contribution in [3.8, 4) is 0 Å². The van der Waals surface area contributed by atoms with Gasteiger partial charge in [0.25, 0.3) is 5.69 Å². The first kappa shape index (κ1) is 16.4. The van der Waals surface area contributed by atoms with Gasteiger partial charge in [-0.2, -0.15) is 0 Å². The summed E-state index contributed by atoms with van der Waals surface area (Å²) in [6.45, 7) is 8.34. The van der Waals surface area contributed by atoms with E-state index in [4.69, 9.17) is 4.74 Å². The van der Waals surface area contributed by atoms with Gasteiger partial charge in [-0.05, 0) is 39.8 Å². The van der Waals surface area contributed by atoms with Crippen LogP contribution in [0.4, 0.5) is 5.69 Å². The molecule has 0 aliphatic carbocycles. The van der Waals surface area contributed by atoms with E-state index in [2.05, 4.69) is 33.0 Å². The molecule has 0 atom stereocenters. The summed E-state index contributed by atoms with van der Waals surface area (Å²) in [7, 11) is 0. The number of nitro benzene ring substituents is 1. The molecule has 0 radical (unpaired) electrons. The Morgan fingerprint density at radius 3 is 2.14 bits per heavy atom. The van der Waals surface area contributed by atoms with Crippen molar-refractivity contribution < 1.29 is 14.5 Å². The molecule has 1 aromatic rings. The Bertz CT molecular complexity index is 562. The number of esters is 1. The Labute approximate surface area is 130 Å². The van der Waals surface area contributed by atoms with Gasteiger partial charge in [0.15, 0.2) is 0 Å². The molecule has 22 heavy (non-hydrogen) atoms. The summed E-state index contributed by atoms with van der Waals surface area (Å²) < 4.78 is 5.60. The van der Waals surface area contributed by atoms with E-state index in [1.807, 2.05) is 0 Å². The second-order valence-electron chi connectivity index (χ2n) is 7.13. The van der Waals surface area contributed by atoms with Crippen LogP contribution in [-0.2, 0) is 4.74 Å². The summed E-state index contributed by atoms with van der Waals surface area (Å²) in [4.78, 5) is 22.3. The molecule has 6 nitrogen and oxygen atoms in total. The molecular weight excluding hydrogens is 284 g/mol. The quantitative estimate of drug-likeness (QED) is 0.527. The number of nitrogens with one attached hydrogen (secondary N) is 1. The highest BCUT2D eigenvalue weighted by molar-refractivity contribution is 5.89. The zero-order valence-electron chi connectivity index (χ0n) is 13.4. The molecule has 0 bridgehead atoms. The van der Waals surface area contributed by atoms with Crippen LogP contribution in [0, 0.1) is 10.1 Å². The van der Waals surface area contributed by atoms with E-state index in [9.17, 15) is 14.9 Å². The molecule has 0 spiro atoms. The number of hydrogen-bond acceptors (Lipinski definition) is 5. The fraction of sp³-hybridized carbons (Fsp3) is 0.562. The van der Waals surface area contributed by atoms with Crippen LogP contribution in [-0.4, -0.2) is 28.1 Å². The van der Waals surface area contributed by atoms with Crippen molar-refractivity contribution in [3.63, 3.8) is 0 Å². The minimum Gasteiger partial charge on any atom is -0.459 e. The summed E-state index contributed by atoms with van der Waals surface area (Å²) in [5, 5.41) is 14.2. The van der Waals surface area contributed by atoms with Crippen molar-refractivity contribution in [3.05, 3.63) is 39.9 Å². The van der Waals surface area contributed by atoms with Crippen LogP contribution < -0.4 is 5.32 Å². The first-order chi connectivity index (χ1) is 10.1. The average molecular weight is 306 g/mol. The minimum absolute atomic E-state index is 0.0410. The molecule has 6 heteroatoms. The van der Waals surface area contributed by atoms with Gasteiger partial charge in [0.2, 0.25) is 0 Å². The van der Waals surface area contributed by atoms with Crippen LogP contribution in [0.15, 0.2) is 24.3 Å². The predicted molar refractivity (Wildman–Crippen MR) is 82.8 cm³/mol. The Balaban J connectivity index is 2.06. The summed E-state index contributed by atoms with van der Waals surface area (Å²) in [6, 6.07) is 5.48. The Morgan fingerprint density at radius 1 is 1.18 bits per heavy atom. The standard InChI is InChI=1S/C16H22N2O4/c1-15(2)9-13(10-16(3,4)17-15)22-14(19)11-5-7-12(8-6-11)18(20)21/h5-8,13,17H,9-10H2,1-4H3. The van der Waals surface area contributed by atoms with Crippen LogP contribution in [0.1, 0.15) is 50.9 Å². The smallest absolute Gasteiger partial charge is 0.338 e. The number of nitro groups is 1. The van der Waals surface area contributed by atoms with Crippen LogP contribution in [0.5, 0.6) is 0 Å². The molecule has 2 rings (SSSR count). The highest BCUT2D eigenvalue weighted by Gasteiger charge is 2.39. The molecule has 120 valence electrons. The van der Waals surface area contributed by atoms with Gasteiger partial charge < -0.3 is 10.1 Å². The summed E-state index contributed by atoms with van der Waals surface area (Å²) in [5.74, 6) is -0.437. The Morgan fingerprint density at radius 2 is 1.68 bits per heavy atom. The van der Waals surface area contributed by atoms with Gasteiger partial charge in [0.1, 0.15) is 6.10 Å². The van der Waals surface area contributed by atoms with Crippen LogP contribution in [0.2, 0.25) is 0 Å². The van der Waals surface area contributed by atoms with Gasteiger partial charge in [-0.1, -0.05) is 0 Å². The van der Waals surface area contributed by atoms with Gasteiger partial charge in [-0.15, -0.1) is 0 Å². The number of hydrogen-bond donors (Lipinski definition) is 1. The van der Waals surface area contributed by atoms with Gasteiger partial charge in [0.05, 0.1) is 10.5 Å².